The molecule has 0 saturated heterocycles. The van der Waals surface area contributed by atoms with E-state index in [2.05, 4.69) is 15.4 Å². The summed E-state index contributed by atoms with van der Waals surface area (Å²) in [5, 5.41) is 17.9. The zero-order chi connectivity index (χ0) is 19.8. The van der Waals surface area contributed by atoms with Gasteiger partial charge in [0.25, 0.3) is 11.5 Å². The van der Waals surface area contributed by atoms with Gasteiger partial charge in [-0.05, 0) is 48.5 Å². The molecule has 0 bridgehead atoms. The number of benzene rings is 2. The highest BCUT2D eigenvalue weighted by atomic mass is 35.5. The molecule has 4 rings (SSSR count). The number of carbonyl (C=O) groups is 1. The van der Waals surface area contributed by atoms with Gasteiger partial charge in [0, 0.05) is 10.7 Å². The molecule has 0 fully saturated rings. The first-order valence-corrected chi connectivity index (χ1v) is 8.47. The van der Waals surface area contributed by atoms with Crippen LogP contribution in [0.3, 0.4) is 0 Å². The minimum Gasteiger partial charge on any atom is -0.506 e. The quantitative estimate of drug-likeness (QED) is 0.492. The number of nitrogens with zero attached hydrogens (tertiary/aromatic N) is 2. The molecule has 0 unspecified atom stereocenters. The third-order valence-corrected chi connectivity index (χ3v) is 4.37. The Morgan fingerprint density at radius 3 is 2.50 bits per heavy atom. The van der Waals surface area contributed by atoms with Gasteiger partial charge in [-0.3, -0.25) is 9.59 Å². The van der Waals surface area contributed by atoms with Crippen LogP contribution in [0.2, 0.25) is 5.02 Å². The summed E-state index contributed by atoms with van der Waals surface area (Å²) in [5.74, 6) is -1.79. The van der Waals surface area contributed by atoms with Crippen molar-refractivity contribution in [3.63, 3.8) is 0 Å². The second kappa shape index (κ2) is 6.82. The van der Waals surface area contributed by atoms with Crippen LogP contribution in [0.1, 0.15) is 10.4 Å². The zero-order valence-electron chi connectivity index (χ0n) is 14.1. The van der Waals surface area contributed by atoms with E-state index in [0.717, 1.165) is 0 Å². The summed E-state index contributed by atoms with van der Waals surface area (Å²) in [6.45, 7) is 0. The smallest absolute Gasteiger partial charge is 0.266 e. The van der Waals surface area contributed by atoms with Crippen LogP contribution in [0, 0.1) is 5.82 Å². The summed E-state index contributed by atoms with van der Waals surface area (Å²) >= 11 is 5.88. The average Bonchev–Trinajstić information content (AvgIpc) is 3.08. The van der Waals surface area contributed by atoms with Crippen molar-refractivity contribution in [3.05, 3.63) is 81.5 Å². The minimum absolute atomic E-state index is 0.193. The monoisotopic (exact) mass is 398 g/mol. The third kappa shape index (κ3) is 3.10. The molecule has 2 heterocycles. The van der Waals surface area contributed by atoms with E-state index in [1.807, 2.05) is 0 Å². The number of aromatic hydroxyl groups is 1. The number of hydrogen-bond donors (Lipinski definition) is 3. The number of hydrogen-bond acceptors (Lipinski definition) is 4. The summed E-state index contributed by atoms with van der Waals surface area (Å²) in [4.78, 5) is 27.5. The van der Waals surface area contributed by atoms with Crippen molar-refractivity contribution < 1.29 is 14.3 Å². The Kier molecular flexibility index (Phi) is 4.32. The first-order valence-electron chi connectivity index (χ1n) is 8.10. The molecule has 28 heavy (non-hydrogen) atoms. The molecule has 0 aliphatic rings. The number of halogens is 2. The van der Waals surface area contributed by atoms with E-state index >= 15 is 0 Å². The van der Waals surface area contributed by atoms with Crippen LogP contribution in [0.4, 0.5) is 10.1 Å². The normalized spacial score (nSPS) is 10.9. The standard InChI is InChI=1S/C19H12ClFN4O3/c20-10-1-7-13(8-2-10)25-17-14(9-22-25)16(26)15(19(28)24-17)18(27)23-12-5-3-11(21)4-6-12/h1-9H,(H,23,27)(H2,24,26,28). The van der Waals surface area contributed by atoms with Crippen LogP contribution in [-0.4, -0.2) is 25.8 Å². The van der Waals surface area contributed by atoms with E-state index in [1.54, 1.807) is 24.3 Å². The topological polar surface area (TPSA) is 100 Å². The highest BCUT2D eigenvalue weighted by Crippen LogP contribution is 2.27. The number of rotatable bonds is 3. The maximum absolute atomic E-state index is 13.0. The highest BCUT2D eigenvalue weighted by Gasteiger charge is 2.22. The average molecular weight is 399 g/mol. The predicted molar refractivity (Wildman–Crippen MR) is 103 cm³/mol. The van der Waals surface area contributed by atoms with Crippen LogP contribution in [0.25, 0.3) is 16.7 Å². The number of carbonyl (C=O) groups excluding carboxylic acids is 1. The van der Waals surface area contributed by atoms with Crippen LogP contribution in [-0.2, 0) is 0 Å². The molecule has 2 aromatic heterocycles. The van der Waals surface area contributed by atoms with Crippen LogP contribution >= 0.6 is 11.6 Å². The van der Waals surface area contributed by atoms with E-state index in [0.29, 0.717) is 10.7 Å². The zero-order valence-corrected chi connectivity index (χ0v) is 14.9. The van der Waals surface area contributed by atoms with Gasteiger partial charge in [0.2, 0.25) is 0 Å². The second-order valence-corrected chi connectivity index (χ2v) is 6.37. The van der Waals surface area contributed by atoms with Crippen molar-refractivity contribution in [2.24, 2.45) is 0 Å². The van der Waals surface area contributed by atoms with Crippen molar-refractivity contribution in [1.82, 2.24) is 14.8 Å². The maximum Gasteiger partial charge on any atom is 0.266 e. The SMILES string of the molecule is O=C(Nc1ccc(F)cc1)c1c(O)c2cnn(-c3ccc(Cl)cc3)c2[nH]c1=O. The Hall–Kier alpha value is -3.65. The number of aromatic amines is 1. The van der Waals surface area contributed by atoms with Gasteiger partial charge >= 0.3 is 0 Å². The maximum atomic E-state index is 13.0. The number of fused-ring (bicyclic) bond motifs is 1. The molecule has 4 aromatic rings. The van der Waals surface area contributed by atoms with Gasteiger partial charge in [-0.2, -0.15) is 5.10 Å². The van der Waals surface area contributed by atoms with Crippen LogP contribution in [0.15, 0.2) is 59.5 Å². The predicted octanol–water partition coefficient (Wildman–Crippen LogP) is 3.46. The van der Waals surface area contributed by atoms with Crippen molar-refractivity contribution in [2.75, 3.05) is 5.32 Å². The summed E-state index contributed by atoms with van der Waals surface area (Å²) in [6.07, 6.45) is 1.34. The number of nitrogens with one attached hydrogen (secondary N) is 2. The van der Waals surface area contributed by atoms with E-state index < -0.39 is 28.6 Å². The van der Waals surface area contributed by atoms with Gasteiger partial charge in [-0.25, -0.2) is 9.07 Å². The van der Waals surface area contributed by atoms with Gasteiger partial charge in [-0.15, -0.1) is 0 Å². The summed E-state index contributed by atoms with van der Waals surface area (Å²) in [5.41, 5.74) is -0.143. The summed E-state index contributed by atoms with van der Waals surface area (Å²) in [7, 11) is 0. The molecule has 0 aliphatic heterocycles. The van der Waals surface area contributed by atoms with Crippen molar-refractivity contribution in [2.45, 2.75) is 0 Å². The molecular formula is C19H12ClFN4O3. The number of H-pyrrole nitrogens is 1. The number of anilines is 1. The Bertz CT molecular complexity index is 1250. The molecule has 0 spiro atoms. The molecule has 3 N–H and O–H groups in total. The Labute approximate surface area is 162 Å². The first-order chi connectivity index (χ1) is 13.4. The molecule has 0 atom stereocenters. The lowest BCUT2D eigenvalue weighted by molar-refractivity contribution is 0.102. The molecule has 0 aliphatic carbocycles. The second-order valence-electron chi connectivity index (χ2n) is 5.93. The van der Waals surface area contributed by atoms with Crippen LogP contribution < -0.4 is 10.9 Å². The Morgan fingerprint density at radius 1 is 1.14 bits per heavy atom. The molecule has 0 radical (unpaired) electrons. The largest absolute Gasteiger partial charge is 0.506 e. The van der Waals surface area contributed by atoms with Gasteiger partial charge in [0.15, 0.2) is 0 Å². The lowest BCUT2D eigenvalue weighted by Gasteiger charge is -2.08. The summed E-state index contributed by atoms with van der Waals surface area (Å²) < 4.78 is 14.4. The molecule has 1 amide bonds. The van der Waals surface area contributed by atoms with E-state index in [4.69, 9.17) is 11.6 Å². The molecule has 2 aromatic carbocycles. The lowest BCUT2D eigenvalue weighted by atomic mass is 10.2. The fraction of sp³-hybridized carbons (Fsp3) is 0. The Balaban J connectivity index is 1.76. The van der Waals surface area contributed by atoms with E-state index in [-0.39, 0.29) is 16.7 Å². The molecule has 7 nitrogen and oxygen atoms in total. The van der Waals surface area contributed by atoms with Crippen molar-refractivity contribution >= 4 is 34.2 Å². The number of amides is 1. The molecular weight excluding hydrogens is 387 g/mol. The van der Waals surface area contributed by atoms with Gasteiger partial charge in [-0.1, -0.05) is 11.6 Å². The molecule has 9 heteroatoms. The summed E-state index contributed by atoms with van der Waals surface area (Å²) in [6, 6.07) is 11.7. The molecule has 140 valence electrons. The fourth-order valence-corrected chi connectivity index (χ4v) is 2.90. The van der Waals surface area contributed by atoms with E-state index in [1.165, 1.54) is 35.1 Å². The van der Waals surface area contributed by atoms with Crippen molar-refractivity contribution in [3.8, 4) is 11.4 Å². The minimum atomic E-state index is -0.827. The lowest BCUT2D eigenvalue weighted by Crippen LogP contribution is -2.23. The molecule has 0 saturated carbocycles. The van der Waals surface area contributed by atoms with Gasteiger partial charge in [0.05, 0.1) is 17.3 Å². The van der Waals surface area contributed by atoms with Gasteiger partial charge < -0.3 is 15.4 Å². The fourth-order valence-electron chi connectivity index (χ4n) is 2.77. The number of pyridine rings is 1. The van der Waals surface area contributed by atoms with Crippen LogP contribution in [0.5, 0.6) is 5.75 Å². The first kappa shape index (κ1) is 17.7. The van der Waals surface area contributed by atoms with E-state index in [9.17, 15) is 19.1 Å². The Morgan fingerprint density at radius 2 is 1.82 bits per heavy atom. The third-order valence-electron chi connectivity index (χ3n) is 4.12. The van der Waals surface area contributed by atoms with Gasteiger partial charge in [0.1, 0.15) is 22.8 Å². The number of aromatic nitrogens is 3. The van der Waals surface area contributed by atoms with Crippen molar-refractivity contribution in [1.29, 1.82) is 0 Å². The highest BCUT2D eigenvalue weighted by molar-refractivity contribution is 6.30.